The van der Waals surface area contributed by atoms with Crippen molar-refractivity contribution in [1.82, 2.24) is 5.32 Å². The summed E-state index contributed by atoms with van der Waals surface area (Å²) in [6, 6.07) is 0.686. The monoisotopic (exact) mass is 243 g/mol. The van der Waals surface area contributed by atoms with Crippen LogP contribution in [0.1, 0.15) is 39.0 Å². The minimum absolute atomic E-state index is 0.300. The summed E-state index contributed by atoms with van der Waals surface area (Å²) >= 11 is 2.06. The molecule has 1 aliphatic heterocycles. The van der Waals surface area contributed by atoms with Crippen LogP contribution in [0.2, 0.25) is 0 Å². The fourth-order valence-electron chi connectivity index (χ4n) is 3.03. The predicted octanol–water partition coefficient (Wildman–Crippen LogP) is 2.68. The van der Waals surface area contributed by atoms with Gasteiger partial charge in [0, 0.05) is 18.4 Å². The Bertz CT molecular complexity index is 218. The van der Waals surface area contributed by atoms with Gasteiger partial charge in [-0.25, -0.2) is 0 Å². The van der Waals surface area contributed by atoms with Gasteiger partial charge in [-0.15, -0.1) is 0 Å². The third kappa shape index (κ3) is 2.74. The van der Waals surface area contributed by atoms with E-state index in [0.717, 1.165) is 12.5 Å². The summed E-state index contributed by atoms with van der Waals surface area (Å²) in [5.41, 5.74) is 0.300. The molecule has 0 radical (unpaired) electrons. The Hall–Kier alpha value is 0.270. The molecule has 1 aliphatic carbocycles. The predicted molar refractivity (Wildman–Crippen MR) is 71.1 cm³/mol. The van der Waals surface area contributed by atoms with Crippen molar-refractivity contribution in [2.75, 3.05) is 25.2 Å². The van der Waals surface area contributed by atoms with Crippen LogP contribution in [0.25, 0.3) is 0 Å². The standard InChI is InChI=1S/C13H25NOS/c1-3-16-10-12(14-2)11-5-8-15-13(9-11)6-4-7-13/h11-12,14H,3-10H2,1-2H3. The van der Waals surface area contributed by atoms with E-state index >= 15 is 0 Å². The van der Waals surface area contributed by atoms with Crippen molar-refractivity contribution in [3.05, 3.63) is 0 Å². The number of thioether (sulfide) groups is 1. The largest absolute Gasteiger partial charge is 0.375 e. The van der Waals surface area contributed by atoms with Gasteiger partial charge in [0.05, 0.1) is 5.60 Å². The first-order valence-corrected chi connectivity index (χ1v) is 7.84. The zero-order valence-electron chi connectivity index (χ0n) is 10.6. The van der Waals surface area contributed by atoms with Crippen molar-refractivity contribution in [2.45, 2.75) is 50.7 Å². The maximum absolute atomic E-state index is 6.00. The highest BCUT2D eigenvalue weighted by Crippen LogP contribution is 2.45. The lowest BCUT2D eigenvalue weighted by molar-refractivity contribution is -0.146. The van der Waals surface area contributed by atoms with Crippen molar-refractivity contribution in [1.29, 1.82) is 0 Å². The molecule has 0 bridgehead atoms. The van der Waals surface area contributed by atoms with Crippen LogP contribution in [0, 0.1) is 5.92 Å². The Balaban J connectivity index is 1.86. The zero-order chi connectivity index (χ0) is 11.4. The van der Waals surface area contributed by atoms with Gasteiger partial charge in [-0.3, -0.25) is 0 Å². The second-order valence-corrected chi connectivity index (χ2v) is 6.51. The summed E-state index contributed by atoms with van der Waals surface area (Å²) in [5.74, 6) is 3.32. The van der Waals surface area contributed by atoms with E-state index in [0.29, 0.717) is 11.6 Å². The second kappa shape index (κ2) is 5.74. The van der Waals surface area contributed by atoms with Crippen molar-refractivity contribution in [3.63, 3.8) is 0 Å². The van der Waals surface area contributed by atoms with Crippen LogP contribution in [0.3, 0.4) is 0 Å². The fraction of sp³-hybridized carbons (Fsp3) is 1.00. The number of hydrogen-bond acceptors (Lipinski definition) is 3. The van der Waals surface area contributed by atoms with Crippen LogP contribution >= 0.6 is 11.8 Å². The third-order valence-electron chi connectivity index (χ3n) is 4.24. The second-order valence-electron chi connectivity index (χ2n) is 5.19. The fourth-order valence-corrected chi connectivity index (χ4v) is 3.96. The zero-order valence-corrected chi connectivity index (χ0v) is 11.4. The van der Waals surface area contributed by atoms with E-state index in [-0.39, 0.29) is 0 Å². The quantitative estimate of drug-likeness (QED) is 0.802. The molecule has 1 heterocycles. The van der Waals surface area contributed by atoms with Gasteiger partial charge in [-0.1, -0.05) is 6.92 Å². The molecule has 0 aromatic carbocycles. The molecule has 94 valence electrons. The summed E-state index contributed by atoms with van der Waals surface area (Å²) in [6.45, 7) is 3.23. The lowest BCUT2D eigenvalue weighted by Crippen LogP contribution is -2.50. The first-order valence-electron chi connectivity index (χ1n) is 6.68. The molecule has 1 N–H and O–H groups in total. The molecular weight excluding hydrogens is 218 g/mol. The Labute approximate surface area is 104 Å². The molecule has 2 unspecified atom stereocenters. The van der Waals surface area contributed by atoms with Crippen molar-refractivity contribution in [3.8, 4) is 0 Å². The summed E-state index contributed by atoms with van der Waals surface area (Å²) in [6.07, 6.45) is 6.53. The normalized spacial score (nSPS) is 30.0. The summed E-state index contributed by atoms with van der Waals surface area (Å²) in [5, 5.41) is 3.52. The van der Waals surface area contributed by atoms with E-state index in [2.05, 4.69) is 31.1 Å². The Kier molecular flexibility index (Phi) is 4.57. The average Bonchev–Trinajstić information content (AvgIpc) is 2.28. The Morgan fingerprint density at radius 2 is 2.31 bits per heavy atom. The van der Waals surface area contributed by atoms with Crippen LogP contribution < -0.4 is 5.32 Å². The highest BCUT2D eigenvalue weighted by molar-refractivity contribution is 7.99. The highest BCUT2D eigenvalue weighted by atomic mass is 32.2. The molecule has 2 nitrogen and oxygen atoms in total. The molecule has 2 fully saturated rings. The summed E-state index contributed by atoms with van der Waals surface area (Å²) in [7, 11) is 2.11. The molecule has 2 rings (SSSR count). The van der Waals surface area contributed by atoms with Crippen LogP contribution in [-0.4, -0.2) is 36.8 Å². The van der Waals surface area contributed by atoms with Gasteiger partial charge in [0.15, 0.2) is 0 Å². The molecule has 1 spiro atoms. The number of ether oxygens (including phenoxy) is 1. The summed E-state index contributed by atoms with van der Waals surface area (Å²) < 4.78 is 6.00. The molecule has 0 aromatic rings. The molecule has 16 heavy (non-hydrogen) atoms. The SMILES string of the molecule is CCSCC(NC)C1CCOC2(CCC2)C1. The molecule has 1 saturated carbocycles. The molecular formula is C13H25NOS. The van der Waals surface area contributed by atoms with E-state index < -0.39 is 0 Å². The molecule has 3 heteroatoms. The maximum atomic E-state index is 6.00. The van der Waals surface area contributed by atoms with Crippen molar-refractivity contribution < 1.29 is 4.74 Å². The molecule has 2 aliphatic rings. The van der Waals surface area contributed by atoms with Gasteiger partial charge in [0.2, 0.25) is 0 Å². The minimum Gasteiger partial charge on any atom is -0.375 e. The highest BCUT2D eigenvalue weighted by Gasteiger charge is 2.43. The topological polar surface area (TPSA) is 21.3 Å². The van der Waals surface area contributed by atoms with Gasteiger partial charge in [-0.2, -0.15) is 11.8 Å². The number of rotatable bonds is 5. The number of hydrogen-bond donors (Lipinski definition) is 1. The van der Waals surface area contributed by atoms with E-state index in [4.69, 9.17) is 4.74 Å². The molecule has 2 atom stereocenters. The van der Waals surface area contributed by atoms with Gasteiger partial charge in [0.25, 0.3) is 0 Å². The smallest absolute Gasteiger partial charge is 0.0685 e. The third-order valence-corrected chi connectivity index (χ3v) is 5.24. The Morgan fingerprint density at radius 3 is 2.88 bits per heavy atom. The van der Waals surface area contributed by atoms with E-state index in [9.17, 15) is 0 Å². The van der Waals surface area contributed by atoms with Gasteiger partial charge in [0.1, 0.15) is 0 Å². The van der Waals surface area contributed by atoms with Gasteiger partial charge < -0.3 is 10.1 Å². The minimum atomic E-state index is 0.300. The lowest BCUT2D eigenvalue weighted by Gasteiger charge is -2.48. The maximum Gasteiger partial charge on any atom is 0.0685 e. The van der Waals surface area contributed by atoms with E-state index in [1.54, 1.807) is 0 Å². The average molecular weight is 243 g/mol. The first-order chi connectivity index (χ1) is 7.79. The van der Waals surface area contributed by atoms with Crippen molar-refractivity contribution in [2.24, 2.45) is 5.92 Å². The van der Waals surface area contributed by atoms with Crippen LogP contribution in [0.4, 0.5) is 0 Å². The van der Waals surface area contributed by atoms with Crippen molar-refractivity contribution >= 4 is 11.8 Å². The molecule has 1 saturated heterocycles. The van der Waals surface area contributed by atoms with Gasteiger partial charge in [-0.05, 0) is 50.8 Å². The molecule has 0 amide bonds. The molecule has 0 aromatic heterocycles. The number of nitrogens with one attached hydrogen (secondary N) is 1. The lowest BCUT2D eigenvalue weighted by atomic mass is 9.70. The summed E-state index contributed by atoms with van der Waals surface area (Å²) in [4.78, 5) is 0. The Morgan fingerprint density at radius 1 is 1.50 bits per heavy atom. The van der Waals surface area contributed by atoms with Crippen LogP contribution in [0.15, 0.2) is 0 Å². The van der Waals surface area contributed by atoms with Crippen LogP contribution in [0.5, 0.6) is 0 Å². The van der Waals surface area contributed by atoms with E-state index in [1.807, 2.05) is 0 Å². The van der Waals surface area contributed by atoms with E-state index in [1.165, 1.54) is 43.6 Å². The van der Waals surface area contributed by atoms with Gasteiger partial charge >= 0.3 is 0 Å². The first kappa shape index (κ1) is 12.7. The van der Waals surface area contributed by atoms with Crippen LogP contribution in [-0.2, 0) is 4.74 Å².